The average Bonchev–Trinajstić information content (AvgIpc) is 3.27. The zero-order valence-corrected chi connectivity index (χ0v) is 18.9. The van der Waals surface area contributed by atoms with Gasteiger partial charge in [-0.1, -0.05) is 36.4 Å². The summed E-state index contributed by atoms with van der Waals surface area (Å²) in [6.45, 7) is 4.26. The summed E-state index contributed by atoms with van der Waals surface area (Å²) in [4.78, 5) is 11.2. The zero-order valence-electron chi connectivity index (χ0n) is 18.9. The summed E-state index contributed by atoms with van der Waals surface area (Å²) in [5, 5.41) is 9.18. The second kappa shape index (κ2) is 9.01. The minimum absolute atomic E-state index is 0.246. The SMILES string of the molecule is Cc1cc(OCC2(c3ccc(C(=O)O)cc3)CC=CC2)cc(C)c1-c1ccc(C(F)(F)F)cc1. The molecule has 0 aliphatic heterocycles. The zero-order chi connectivity index (χ0) is 24.5. The number of aryl methyl sites for hydroxylation is 2. The Morgan fingerprint density at radius 3 is 2.00 bits per heavy atom. The van der Waals surface area contributed by atoms with Gasteiger partial charge < -0.3 is 9.84 Å². The third-order valence-corrected chi connectivity index (χ3v) is 6.45. The van der Waals surface area contributed by atoms with E-state index in [-0.39, 0.29) is 11.0 Å². The average molecular weight is 466 g/mol. The van der Waals surface area contributed by atoms with Gasteiger partial charge in [0.2, 0.25) is 0 Å². The summed E-state index contributed by atoms with van der Waals surface area (Å²) in [6, 6.07) is 15.9. The van der Waals surface area contributed by atoms with E-state index in [4.69, 9.17) is 4.74 Å². The topological polar surface area (TPSA) is 46.5 Å². The van der Waals surface area contributed by atoms with Gasteiger partial charge in [0.05, 0.1) is 17.7 Å². The van der Waals surface area contributed by atoms with E-state index in [0.717, 1.165) is 52.8 Å². The normalized spacial score (nSPS) is 14.9. The van der Waals surface area contributed by atoms with Crippen molar-refractivity contribution in [2.45, 2.75) is 38.3 Å². The summed E-state index contributed by atoms with van der Waals surface area (Å²) < 4.78 is 45.0. The highest BCUT2D eigenvalue weighted by molar-refractivity contribution is 5.87. The van der Waals surface area contributed by atoms with E-state index < -0.39 is 17.7 Å². The Labute approximate surface area is 196 Å². The molecule has 1 aliphatic rings. The molecule has 34 heavy (non-hydrogen) atoms. The third kappa shape index (κ3) is 4.72. The van der Waals surface area contributed by atoms with Crippen LogP contribution in [0.5, 0.6) is 5.75 Å². The minimum Gasteiger partial charge on any atom is -0.493 e. The first kappa shape index (κ1) is 23.6. The summed E-state index contributed by atoms with van der Waals surface area (Å²) in [7, 11) is 0. The van der Waals surface area contributed by atoms with Crippen molar-refractivity contribution in [2.24, 2.45) is 0 Å². The number of carboxylic acids is 1. The van der Waals surface area contributed by atoms with Gasteiger partial charge in [-0.15, -0.1) is 0 Å². The fraction of sp³-hybridized carbons (Fsp3) is 0.250. The number of carbonyl (C=O) groups is 1. The van der Waals surface area contributed by atoms with Gasteiger partial charge in [-0.05, 0) is 90.9 Å². The second-order valence-electron chi connectivity index (χ2n) is 8.84. The summed E-state index contributed by atoms with van der Waals surface area (Å²) in [5.41, 5.74) is 3.78. The number of halogens is 3. The molecule has 0 fully saturated rings. The molecule has 176 valence electrons. The highest BCUT2D eigenvalue weighted by atomic mass is 19.4. The summed E-state index contributed by atoms with van der Waals surface area (Å²) in [5.74, 6) is -0.264. The Morgan fingerprint density at radius 2 is 1.50 bits per heavy atom. The van der Waals surface area contributed by atoms with Crippen LogP contribution in [0.4, 0.5) is 13.2 Å². The molecule has 0 amide bonds. The van der Waals surface area contributed by atoms with E-state index >= 15 is 0 Å². The van der Waals surface area contributed by atoms with Crippen LogP contribution < -0.4 is 4.74 Å². The van der Waals surface area contributed by atoms with Crippen molar-refractivity contribution in [3.8, 4) is 16.9 Å². The molecule has 0 radical (unpaired) electrons. The lowest BCUT2D eigenvalue weighted by atomic mass is 9.78. The first-order chi connectivity index (χ1) is 16.1. The molecule has 3 aromatic carbocycles. The number of carboxylic acid groups (broad SMARTS) is 1. The smallest absolute Gasteiger partial charge is 0.416 e. The maximum absolute atomic E-state index is 12.9. The van der Waals surface area contributed by atoms with Gasteiger partial charge in [0, 0.05) is 5.41 Å². The number of hydrogen-bond donors (Lipinski definition) is 1. The van der Waals surface area contributed by atoms with Crippen molar-refractivity contribution in [3.63, 3.8) is 0 Å². The minimum atomic E-state index is -4.36. The molecule has 0 saturated heterocycles. The lowest BCUT2D eigenvalue weighted by Crippen LogP contribution is -2.30. The van der Waals surface area contributed by atoms with Crippen molar-refractivity contribution in [1.82, 2.24) is 0 Å². The molecular weight excluding hydrogens is 441 g/mol. The van der Waals surface area contributed by atoms with E-state index in [2.05, 4.69) is 12.2 Å². The standard InChI is InChI=1S/C28H25F3O3/c1-18-15-24(16-19(2)25(18)20-5-11-23(12-6-20)28(29,30)31)34-17-27(13-3-4-14-27)22-9-7-21(8-10-22)26(32)33/h3-12,15-16H,13-14,17H2,1-2H3,(H,32,33). The highest BCUT2D eigenvalue weighted by Gasteiger charge is 2.34. The van der Waals surface area contributed by atoms with Crippen LogP contribution in [-0.2, 0) is 11.6 Å². The molecule has 4 rings (SSSR count). The first-order valence-electron chi connectivity index (χ1n) is 11.0. The third-order valence-electron chi connectivity index (χ3n) is 6.45. The predicted octanol–water partition coefficient (Wildman–Crippen LogP) is 7.35. The van der Waals surface area contributed by atoms with Crippen molar-refractivity contribution >= 4 is 5.97 Å². The number of alkyl halides is 3. The molecule has 0 bridgehead atoms. The Kier molecular flexibility index (Phi) is 6.26. The van der Waals surface area contributed by atoms with Crippen LogP contribution in [0.3, 0.4) is 0 Å². The summed E-state index contributed by atoms with van der Waals surface area (Å²) in [6.07, 6.45) is 1.44. The maximum Gasteiger partial charge on any atom is 0.416 e. The van der Waals surface area contributed by atoms with Crippen LogP contribution in [0.1, 0.15) is 45.5 Å². The molecule has 1 N–H and O–H groups in total. The Balaban J connectivity index is 1.55. The summed E-state index contributed by atoms with van der Waals surface area (Å²) >= 11 is 0. The molecule has 0 aromatic heterocycles. The van der Waals surface area contributed by atoms with E-state index in [1.807, 2.05) is 38.1 Å². The second-order valence-corrected chi connectivity index (χ2v) is 8.84. The molecule has 0 atom stereocenters. The fourth-order valence-corrected chi connectivity index (χ4v) is 4.61. The van der Waals surface area contributed by atoms with Gasteiger partial charge in [0.1, 0.15) is 5.75 Å². The van der Waals surface area contributed by atoms with Crippen LogP contribution in [-0.4, -0.2) is 17.7 Å². The molecule has 3 nitrogen and oxygen atoms in total. The Bertz CT molecular complexity index is 1190. The van der Waals surface area contributed by atoms with Gasteiger partial charge >= 0.3 is 12.1 Å². The fourth-order valence-electron chi connectivity index (χ4n) is 4.61. The maximum atomic E-state index is 12.9. The van der Waals surface area contributed by atoms with Crippen molar-refractivity contribution in [3.05, 3.63) is 101 Å². The lowest BCUT2D eigenvalue weighted by Gasteiger charge is -2.30. The van der Waals surface area contributed by atoms with E-state index in [0.29, 0.717) is 12.4 Å². The number of aromatic carboxylic acids is 1. The Hall–Kier alpha value is -3.54. The van der Waals surface area contributed by atoms with E-state index in [1.54, 1.807) is 12.1 Å². The largest absolute Gasteiger partial charge is 0.493 e. The molecule has 6 heteroatoms. The molecule has 1 aliphatic carbocycles. The van der Waals surface area contributed by atoms with Gasteiger partial charge in [-0.25, -0.2) is 4.79 Å². The quantitative estimate of drug-likeness (QED) is 0.386. The molecule has 0 heterocycles. The number of ether oxygens (including phenoxy) is 1. The molecular formula is C28H25F3O3. The molecule has 0 spiro atoms. The molecule has 0 saturated carbocycles. The van der Waals surface area contributed by atoms with Gasteiger partial charge in [-0.2, -0.15) is 13.2 Å². The molecule has 0 unspecified atom stereocenters. The van der Waals surface area contributed by atoms with Gasteiger partial charge in [0.15, 0.2) is 0 Å². The van der Waals surface area contributed by atoms with Crippen LogP contribution in [0.2, 0.25) is 0 Å². The predicted molar refractivity (Wildman–Crippen MR) is 125 cm³/mol. The van der Waals surface area contributed by atoms with Gasteiger partial charge in [-0.3, -0.25) is 0 Å². The monoisotopic (exact) mass is 466 g/mol. The Morgan fingerprint density at radius 1 is 0.941 bits per heavy atom. The van der Waals surface area contributed by atoms with E-state index in [9.17, 15) is 23.1 Å². The van der Waals surface area contributed by atoms with Gasteiger partial charge in [0.25, 0.3) is 0 Å². The van der Waals surface area contributed by atoms with E-state index in [1.165, 1.54) is 12.1 Å². The number of allylic oxidation sites excluding steroid dienone is 2. The number of hydrogen-bond acceptors (Lipinski definition) is 2. The van der Waals surface area contributed by atoms with Crippen molar-refractivity contribution < 1.29 is 27.8 Å². The van der Waals surface area contributed by atoms with Crippen molar-refractivity contribution in [1.29, 1.82) is 0 Å². The van der Waals surface area contributed by atoms with Crippen LogP contribution >= 0.6 is 0 Å². The van der Waals surface area contributed by atoms with Crippen LogP contribution in [0.15, 0.2) is 72.8 Å². The highest BCUT2D eigenvalue weighted by Crippen LogP contribution is 2.39. The molecule has 3 aromatic rings. The van der Waals surface area contributed by atoms with Crippen molar-refractivity contribution in [2.75, 3.05) is 6.61 Å². The number of rotatable bonds is 6. The lowest BCUT2D eigenvalue weighted by molar-refractivity contribution is -0.137. The van der Waals surface area contributed by atoms with Crippen LogP contribution in [0.25, 0.3) is 11.1 Å². The first-order valence-corrected chi connectivity index (χ1v) is 11.0. The van der Waals surface area contributed by atoms with Crippen LogP contribution in [0, 0.1) is 13.8 Å². The number of benzene rings is 3.